The highest BCUT2D eigenvalue weighted by Crippen LogP contribution is 2.38. The Bertz CT molecular complexity index is 602. The number of benzene rings is 1. The number of hydrogen-bond acceptors (Lipinski definition) is 5. The van der Waals surface area contributed by atoms with Crippen LogP contribution in [0.25, 0.3) is 6.08 Å². The first-order valence-corrected chi connectivity index (χ1v) is 7.46. The summed E-state index contributed by atoms with van der Waals surface area (Å²) in [5, 5.41) is 10.00. The number of thioether (sulfide) groups is 1. The molecule has 1 aromatic rings. The van der Waals surface area contributed by atoms with Gasteiger partial charge in [0.15, 0.2) is 16.7 Å². The van der Waals surface area contributed by atoms with E-state index in [1.54, 1.807) is 19.3 Å². The minimum absolute atomic E-state index is 0.138. The smallest absolute Gasteiger partial charge is 0.264 e. The van der Waals surface area contributed by atoms with E-state index in [1.807, 2.05) is 13.0 Å². The predicted molar refractivity (Wildman–Crippen MR) is 83.3 cm³/mol. The van der Waals surface area contributed by atoms with E-state index in [0.717, 1.165) is 21.8 Å². The molecule has 1 aromatic carbocycles. The molecule has 7 heteroatoms. The summed E-state index contributed by atoms with van der Waals surface area (Å²) in [5.41, 5.74) is 0.800. The summed E-state index contributed by atoms with van der Waals surface area (Å²) in [6, 6.07) is 3.64. The zero-order valence-corrected chi connectivity index (χ0v) is 13.4. The van der Waals surface area contributed by atoms with Gasteiger partial charge < -0.3 is 14.8 Å². The van der Waals surface area contributed by atoms with Crippen LogP contribution in [-0.2, 0) is 4.79 Å². The van der Waals surface area contributed by atoms with Crippen molar-refractivity contribution in [1.29, 1.82) is 5.41 Å². The summed E-state index contributed by atoms with van der Waals surface area (Å²) in [5.74, 6) is 0.963. The molecule has 1 aliphatic heterocycles. The Morgan fingerprint density at radius 3 is 2.80 bits per heavy atom. The molecule has 0 bridgehead atoms. The van der Waals surface area contributed by atoms with Crippen molar-refractivity contribution >= 4 is 44.8 Å². The fourth-order valence-electron chi connectivity index (χ4n) is 1.73. The molecule has 0 atom stereocenters. The van der Waals surface area contributed by atoms with Crippen LogP contribution in [0.1, 0.15) is 12.5 Å². The van der Waals surface area contributed by atoms with Crippen LogP contribution in [0.4, 0.5) is 0 Å². The first-order valence-electron chi connectivity index (χ1n) is 5.85. The zero-order valence-electron chi connectivity index (χ0n) is 11.0. The van der Waals surface area contributed by atoms with E-state index in [9.17, 15) is 4.79 Å². The van der Waals surface area contributed by atoms with Crippen LogP contribution in [0.2, 0.25) is 0 Å². The monoisotopic (exact) mass is 356 g/mol. The van der Waals surface area contributed by atoms with Crippen molar-refractivity contribution in [2.24, 2.45) is 0 Å². The highest BCUT2D eigenvalue weighted by atomic mass is 79.9. The van der Waals surface area contributed by atoms with Crippen molar-refractivity contribution in [3.05, 3.63) is 27.1 Å². The van der Waals surface area contributed by atoms with Gasteiger partial charge in [0, 0.05) is 0 Å². The molecule has 2 rings (SSSR count). The Labute approximate surface area is 129 Å². The Morgan fingerprint density at radius 2 is 2.25 bits per heavy atom. The Balaban J connectivity index is 2.40. The molecule has 1 amide bonds. The second-order valence-electron chi connectivity index (χ2n) is 3.86. The molecule has 1 fully saturated rings. The average Bonchev–Trinajstić information content (AvgIpc) is 2.68. The van der Waals surface area contributed by atoms with Gasteiger partial charge in [-0.15, -0.1) is 0 Å². The zero-order chi connectivity index (χ0) is 14.7. The van der Waals surface area contributed by atoms with Gasteiger partial charge >= 0.3 is 0 Å². The second-order valence-corrected chi connectivity index (χ2v) is 5.77. The summed E-state index contributed by atoms with van der Waals surface area (Å²) < 4.78 is 11.6. The predicted octanol–water partition coefficient (Wildman–Crippen LogP) is 3.00. The van der Waals surface area contributed by atoms with Gasteiger partial charge in [0.25, 0.3) is 5.91 Å². The third-order valence-electron chi connectivity index (χ3n) is 2.50. The van der Waals surface area contributed by atoms with E-state index in [-0.39, 0.29) is 11.1 Å². The maximum atomic E-state index is 11.6. The maximum Gasteiger partial charge on any atom is 0.264 e. The molecular formula is C13H13BrN2O3S. The van der Waals surface area contributed by atoms with Crippen LogP contribution >= 0.6 is 27.7 Å². The molecule has 20 heavy (non-hydrogen) atoms. The van der Waals surface area contributed by atoms with Crippen LogP contribution < -0.4 is 14.8 Å². The van der Waals surface area contributed by atoms with E-state index in [4.69, 9.17) is 14.9 Å². The molecule has 0 spiro atoms. The van der Waals surface area contributed by atoms with Crippen LogP contribution in [0.15, 0.2) is 21.5 Å². The molecule has 2 N–H and O–H groups in total. The minimum atomic E-state index is -0.259. The number of rotatable bonds is 4. The number of ether oxygens (including phenoxy) is 2. The van der Waals surface area contributed by atoms with E-state index < -0.39 is 0 Å². The number of amides is 1. The summed E-state index contributed by atoms with van der Waals surface area (Å²) in [6.07, 6.45) is 1.72. The standard InChI is InChI=1S/C13H13BrN2O3S/c1-3-19-9-5-7(4-8(14)11(9)18-2)6-10-12(17)16-13(15)20-10/h4-6H,3H2,1-2H3,(H2,15,16,17)/b10-6-. The van der Waals surface area contributed by atoms with Gasteiger partial charge in [-0.2, -0.15) is 0 Å². The number of methoxy groups -OCH3 is 1. The number of carbonyl (C=O) groups is 1. The summed E-state index contributed by atoms with van der Waals surface area (Å²) in [7, 11) is 1.57. The third-order valence-corrected chi connectivity index (χ3v) is 3.91. The van der Waals surface area contributed by atoms with Crippen molar-refractivity contribution in [2.75, 3.05) is 13.7 Å². The van der Waals surface area contributed by atoms with Crippen molar-refractivity contribution in [3.63, 3.8) is 0 Å². The van der Waals surface area contributed by atoms with Gasteiger partial charge in [-0.05, 0) is 58.4 Å². The molecule has 5 nitrogen and oxygen atoms in total. The highest BCUT2D eigenvalue weighted by molar-refractivity contribution is 9.10. The molecule has 1 aliphatic rings. The van der Waals surface area contributed by atoms with E-state index in [2.05, 4.69) is 21.2 Å². The molecular weight excluding hydrogens is 344 g/mol. The van der Waals surface area contributed by atoms with Gasteiger partial charge in [-0.3, -0.25) is 10.2 Å². The lowest BCUT2D eigenvalue weighted by Crippen LogP contribution is -2.18. The Morgan fingerprint density at radius 1 is 1.50 bits per heavy atom. The average molecular weight is 357 g/mol. The van der Waals surface area contributed by atoms with Crippen LogP contribution in [-0.4, -0.2) is 24.8 Å². The van der Waals surface area contributed by atoms with Crippen molar-refractivity contribution < 1.29 is 14.3 Å². The fourth-order valence-corrected chi connectivity index (χ4v) is 3.05. The quantitative estimate of drug-likeness (QED) is 0.813. The number of amidine groups is 1. The van der Waals surface area contributed by atoms with Gasteiger partial charge in [0.1, 0.15) is 0 Å². The van der Waals surface area contributed by atoms with E-state index in [1.165, 1.54) is 0 Å². The maximum absolute atomic E-state index is 11.6. The number of hydrogen-bond donors (Lipinski definition) is 2. The molecule has 0 saturated carbocycles. The fraction of sp³-hybridized carbons (Fsp3) is 0.231. The lowest BCUT2D eigenvalue weighted by atomic mass is 10.2. The Kier molecular flexibility index (Phi) is 4.72. The van der Waals surface area contributed by atoms with Gasteiger partial charge in [-0.1, -0.05) is 0 Å². The number of nitrogens with one attached hydrogen (secondary N) is 2. The molecule has 1 heterocycles. The lowest BCUT2D eigenvalue weighted by Gasteiger charge is -2.12. The van der Waals surface area contributed by atoms with Crippen molar-refractivity contribution in [2.45, 2.75) is 6.92 Å². The molecule has 0 aromatic heterocycles. The van der Waals surface area contributed by atoms with Crippen LogP contribution in [0.3, 0.4) is 0 Å². The van der Waals surface area contributed by atoms with Crippen molar-refractivity contribution in [1.82, 2.24) is 5.32 Å². The van der Waals surface area contributed by atoms with Gasteiger partial charge in [0.05, 0.1) is 23.1 Å². The molecule has 0 unspecified atom stereocenters. The first-order chi connectivity index (χ1) is 9.55. The normalized spacial score (nSPS) is 16.4. The first kappa shape index (κ1) is 14.9. The molecule has 1 saturated heterocycles. The van der Waals surface area contributed by atoms with Crippen molar-refractivity contribution in [3.8, 4) is 11.5 Å². The molecule has 0 radical (unpaired) electrons. The topological polar surface area (TPSA) is 71.4 Å². The second kappa shape index (κ2) is 6.32. The molecule has 106 valence electrons. The van der Waals surface area contributed by atoms with Gasteiger partial charge in [0.2, 0.25) is 0 Å². The lowest BCUT2D eigenvalue weighted by molar-refractivity contribution is -0.115. The molecule has 0 aliphatic carbocycles. The summed E-state index contributed by atoms with van der Waals surface area (Å²) >= 11 is 4.52. The Hall–Kier alpha value is -1.47. The summed E-state index contributed by atoms with van der Waals surface area (Å²) in [6.45, 7) is 2.41. The minimum Gasteiger partial charge on any atom is -0.492 e. The van der Waals surface area contributed by atoms with Crippen LogP contribution in [0.5, 0.6) is 11.5 Å². The van der Waals surface area contributed by atoms with E-state index >= 15 is 0 Å². The summed E-state index contributed by atoms with van der Waals surface area (Å²) in [4.78, 5) is 12.1. The van der Waals surface area contributed by atoms with Gasteiger partial charge in [-0.25, -0.2) is 0 Å². The largest absolute Gasteiger partial charge is 0.492 e. The number of carbonyl (C=O) groups excluding carboxylic acids is 1. The van der Waals surface area contributed by atoms with Crippen LogP contribution in [0, 0.1) is 5.41 Å². The third kappa shape index (κ3) is 3.16. The number of halogens is 1. The SMILES string of the molecule is CCOc1cc(/C=C2\SC(=N)NC2=O)cc(Br)c1OC. The van der Waals surface area contributed by atoms with E-state index in [0.29, 0.717) is 23.0 Å². The highest BCUT2D eigenvalue weighted by Gasteiger charge is 2.22.